The maximum atomic E-state index is 12.8. The molecule has 1 aromatic rings. The Morgan fingerprint density at radius 3 is 2.60 bits per heavy atom. The van der Waals surface area contributed by atoms with Gasteiger partial charge in [-0.05, 0) is 50.0 Å². The van der Waals surface area contributed by atoms with Crippen molar-refractivity contribution < 1.29 is 4.79 Å². The van der Waals surface area contributed by atoms with E-state index < -0.39 is 0 Å². The smallest absolute Gasteiger partial charge is 0.265 e. The summed E-state index contributed by atoms with van der Waals surface area (Å²) in [6.45, 7) is 4.85. The van der Waals surface area contributed by atoms with Crippen LogP contribution < -0.4 is 5.73 Å². The third-order valence-corrected chi connectivity index (χ3v) is 5.69. The van der Waals surface area contributed by atoms with Crippen molar-refractivity contribution in [2.45, 2.75) is 58.0 Å². The van der Waals surface area contributed by atoms with Gasteiger partial charge in [0.25, 0.3) is 5.91 Å². The maximum absolute atomic E-state index is 12.8. The summed E-state index contributed by atoms with van der Waals surface area (Å²) >= 11 is 7.71. The Morgan fingerprint density at radius 1 is 1.45 bits per heavy atom. The second-order valence-electron chi connectivity index (χ2n) is 5.63. The highest BCUT2D eigenvalue weighted by atomic mass is 35.5. The second kappa shape index (κ2) is 6.92. The van der Waals surface area contributed by atoms with Gasteiger partial charge in [-0.15, -0.1) is 11.3 Å². The summed E-state index contributed by atoms with van der Waals surface area (Å²) in [5.41, 5.74) is 6.95. The average Bonchev–Trinajstić information content (AvgIpc) is 2.77. The first kappa shape index (κ1) is 15.8. The lowest BCUT2D eigenvalue weighted by atomic mass is 9.90. The molecule has 1 aliphatic rings. The molecule has 0 saturated heterocycles. The quantitative estimate of drug-likeness (QED) is 0.918. The molecule has 0 aliphatic heterocycles. The molecule has 0 atom stereocenters. The highest BCUT2D eigenvalue weighted by Gasteiger charge is 2.29. The Hall–Kier alpha value is -0.580. The molecule has 1 amide bonds. The van der Waals surface area contributed by atoms with Gasteiger partial charge >= 0.3 is 0 Å². The van der Waals surface area contributed by atoms with Crippen molar-refractivity contribution in [1.82, 2.24) is 4.90 Å². The first-order chi connectivity index (χ1) is 9.54. The number of carbonyl (C=O) groups is 1. The van der Waals surface area contributed by atoms with Crippen LogP contribution >= 0.6 is 22.9 Å². The standard InChI is InChI=1S/C15H23ClN2OS/c1-3-8-18(12-6-4-11(17)5-7-12)15(19)14-13(16)10(2)9-20-14/h9,11-12H,3-8,17H2,1-2H3. The van der Waals surface area contributed by atoms with Crippen LogP contribution in [-0.4, -0.2) is 29.4 Å². The lowest BCUT2D eigenvalue weighted by Gasteiger charge is -2.36. The molecule has 5 heteroatoms. The third kappa shape index (κ3) is 3.35. The van der Waals surface area contributed by atoms with E-state index in [9.17, 15) is 4.79 Å². The summed E-state index contributed by atoms with van der Waals surface area (Å²) in [6, 6.07) is 0.623. The first-order valence-corrected chi connectivity index (χ1v) is 8.60. The van der Waals surface area contributed by atoms with Crippen LogP contribution in [0.2, 0.25) is 5.02 Å². The molecule has 1 heterocycles. The number of nitrogens with two attached hydrogens (primary N) is 1. The van der Waals surface area contributed by atoms with Crippen LogP contribution in [0, 0.1) is 6.92 Å². The van der Waals surface area contributed by atoms with Gasteiger partial charge in [-0.25, -0.2) is 0 Å². The number of aryl methyl sites for hydroxylation is 1. The largest absolute Gasteiger partial charge is 0.335 e. The summed E-state index contributed by atoms with van der Waals surface area (Å²) in [5.74, 6) is 0.0930. The third-order valence-electron chi connectivity index (χ3n) is 4.00. The van der Waals surface area contributed by atoms with Crippen LogP contribution in [0.1, 0.15) is 54.3 Å². The molecule has 0 spiro atoms. The number of hydrogen-bond acceptors (Lipinski definition) is 3. The highest BCUT2D eigenvalue weighted by Crippen LogP contribution is 2.31. The van der Waals surface area contributed by atoms with Gasteiger partial charge in [0.1, 0.15) is 4.88 Å². The lowest BCUT2D eigenvalue weighted by Crippen LogP contribution is -2.44. The van der Waals surface area contributed by atoms with Crippen molar-refractivity contribution in [3.63, 3.8) is 0 Å². The zero-order valence-corrected chi connectivity index (χ0v) is 13.8. The number of carbonyl (C=O) groups excluding carboxylic acids is 1. The zero-order valence-electron chi connectivity index (χ0n) is 12.2. The minimum atomic E-state index is 0.0930. The van der Waals surface area contributed by atoms with Crippen molar-refractivity contribution in [2.24, 2.45) is 5.73 Å². The predicted octanol–water partition coefficient (Wildman–Crippen LogP) is 3.83. The summed E-state index contributed by atoms with van der Waals surface area (Å²) in [5, 5.41) is 2.57. The molecule has 1 fully saturated rings. The SMILES string of the molecule is CCCN(C(=O)c1scc(C)c1Cl)C1CCC(N)CC1. The van der Waals surface area contributed by atoms with Crippen molar-refractivity contribution in [2.75, 3.05) is 6.54 Å². The fourth-order valence-electron chi connectivity index (χ4n) is 2.81. The van der Waals surface area contributed by atoms with Crippen LogP contribution in [0.25, 0.3) is 0 Å². The molecule has 1 aromatic heterocycles. The molecule has 0 radical (unpaired) electrons. The lowest BCUT2D eigenvalue weighted by molar-refractivity contribution is 0.0632. The molecule has 20 heavy (non-hydrogen) atoms. The molecule has 2 rings (SSSR count). The predicted molar refractivity (Wildman–Crippen MR) is 85.6 cm³/mol. The number of amides is 1. The van der Waals surface area contributed by atoms with E-state index in [1.807, 2.05) is 17.2 Å². The number of halogens is 1. The van der Waals surface area contributed by atoms with Gasteiger partial charge in [0.15, 0.2) is 0 Å². The zero-order chi connectivity index (χ0) is 14.7. The average molecular weight is 315 g/mol. The van der Waals surface area contributed by atoms with E-state index in [4.69, 9.17) is 17.3 Å². The molecule has 3 nitrogen and oxygen atoms in total. The van der Waals surface area contributed by atoms with Gasteiger partial charge in [0.05, 0.1) is 5.02 Å². The van der Waals surface area contributed by atoms with E-state index in [0.717, 1.165) is 44.2 Å². The Morgan fingerprint density at radius 2 is 2.10 bits per heavy atom. The molecular weight excluding hydrogens is 292 g/mol. The van der Waals surface area contributed by atoms with Crippen LogP contribution in [0.3, 0.4) is 0 Å². The van der Waals surface area contributed by atoms with E-state index in [0.29, 0.717) is 22.0 Å². The Bertz CT molecular complexity index is 466. The minimum absolute atomic E-state index is 0.0930. The number of nitrogens with zero attached hydrogens (tertiary/aromatic N) is 1. The van der Waals surface area contributed by atoms with Crippen LogP contribution in [0.4, 0.5) is 0 Å². The topological polar surface area (TPSA) is 46.3 Å². The van der Waals surface area contributed by atoms with Crippen molar-refractivity contribution >= 4 is 28.8 Å². The molecule has 1 saturated carbocycles. The van der Waals surface area contributed by atoms with Gasteiger partial charge in [0, 0.05) is 18.6 Å². The molecule has 2 N–H and O–H groups in total. The second-order valence-corrected chi connectivity index (χ2v) is 6.89. The fourth-order valence-corrected chi connectivity index (χ4v) is 4.04. The van der Waals surface area contributed by atoms with Gasteiger partial charge in [-0.2, -0.15) is 0 Å². The van der Waals surface area contributed by atoms with Crippen molar-refractivity contribution in [3.05, 3.63) is 20.8 Å². The van der Waals surface area contributed by atoms with Crippen molar-refractivity contribution in [1.29, 1.82) is 0 Å². The number of rotatable bonds is 4. The van der Waals surface area contributed by atoms with E-state index >= 15 is 0 Å². The van der Waals surface area contributed by atoms with E-state index in [2.05, 4.69) is 6.92 Å². The van der Waals surface area contributed by atoms with E-state index in [-0.39, 0.29) is 5.91 Å². The fraction of sp³-hybridized carbons (Fsp3) is 0.667. The van der Waals surface area contributed by atoms with E-state index in [1.165, 1.54) is 11.3 Å². The van der Waals surface area contributed by atoms with E-state index in [1.54, 1.807) is 0 Å². The monoisotopic (exact) mass is 314 g/mol. The van der Waals surface area contributed by atoms with Crippen LogP contribution in [-0.2, 0) is 0 Å². The molecule has 0 bridgehead atoms. The Kier molecular flexibility index (Phi) is 5.47. The number of thiophene rings is 1. The summed E-state index contributed by atoms with van der Waals surface area (Å²) in [7, 11) is 0. The maximum Gasteiger partial charge on any atom is 0.265 e. The van der Waals surface area contributed by atoms with Crippen LogP contribution in [0.15, 0.2) is 5.38 Å². The number of hydrogen-bond donors (Lipinski definition) is 1. The Balaban J connectivity index is 2.15. The van der Waals surface area contributed by atoms with Gasteiger partial charge in [-0.1, -0.05) is 18.5 Å². The summed E-state index contributed by atoms with van der Waals surface area (Å²) in [6.07, 6.45) is 5.00. The molecule has 112 valence electrons. The Labute approximate surface area is 130 Å². The van der Waals surface area contributed by atoms with Gasteiger partial charge in [-0.3, -0.25) is 4.79 Å². The van der Waals surface area contributed by atoms with Gasteiger partial charge in [0.2, 0.25) is 0 Å². The first-order valence-electron chi connectivity index (χ1n) is 7.34. The van der Waals surface area contributed by atoms with Crippen LogP contribution in [0.5, 0.6) is 0 Å². The highest BCUT2D eigenvalue weighted by molar-refractivity contribution is 7.13. The molecule has 0 unspecified atom stereocenters. The molecular formula is C15H23ClN2OS. The van der Waals surface area contributed by atoms with Crippen molar-refractivity contribution in [3.8, 4) is 0 Å². The van der Waals surface area contributed by atoms with Gasteiger partial charge < -0.3 is 10.6 Å². The summed E-state index contributed by atoms with van der Waals surface area (Å²) < 4.78 is 0. The molecule has 0 aromatic carbocycles. The molecule has 1 aliphatic carbocycles. The minimum Gasteiger partial charge on any atom is -0.335 e. The summed E-state index contributed by atoms with van der Waals surface area (Å²) in [4.78, 5) is 15.5. The normalized spacial score (nSPS) is 22.8.